The van der Waals surface area contributed by atoms with Crippen LogP contribution in [-0.4, -0.2) is 12.6 Å². The van der Waals surface area contributed by atoms with E-state index >= 15 is 0 Å². The molecule has 0 bridgehead atoms. The Morgan fingerprint density at radius 3 is 2.89 bits per heavy atom. The Morgan fingerprint density at radius 2 is 2.44 bits per heavy atom. The maximum absolute atomic E-state index is 10.5. The smallest absolute Gasteiger partial charge is 0.306 e. The molecule has 0 heterocycles. The van der Waals surface area contributed by atoms with E-state index in [4.69, 9.17) is 0 Å². The van der Waals surface area contributed by atoms with E-state index in [2.05, 4.69) is 17.4 Å². The molecule has 0 aliphatic heterocycles. The molecule has 0 fully saturated rings. The Bertz CT molecular complexity index is 97.1. The molecule has 0 aromatic rings. The van der Waals surface area contributed by atoms with Gasteiger partial charge in [-0.1, -0.05) is 12.7 Å². The van der Waals surface area contributed by atoms with Gasteiger partial charge >= 0.3 is 5.97 Å². The standard InChI is InChI=1S/C7H11O2/c1-3-5-6-7(8)9-4-2/h1,4-6H2,2H3. The first-order valence-electron chi connectivity index (χ1n) is 2.96. The van der Waals surface area contributed by atoms with Crippen molar-refractivity contribution in [3.63, 3.8) is 0 Å². The second-order valence-electron chi connectivity index (χ2n) is 1.56. The van der Waals surface area contributed by atoms with Gasteiger partial charge in [0.05, 0.1) is 6.61 Å². The second-order valence-corrected chi connectivity index (χ2v) is 1.56. The summed E-state index contributed by atoms with van der Waals surface area (Å²) in [4.78, 5) is 10.5. The molecular formula is C7H11O2. The fraction of sp³-hybridized carbons (Fsp3) is 0.571. The normalized spacial score (nSPS) is 8.56. The summed E-state index contributed by atoms with van der Waals surface area (Å²) in [6.45, 7) is 5.60. The lowest BCUT2D eigenvalue weighted by atomic mass is 10.3. The SMILES string of the molecule is C=[C]CCC(=O)OCC. The van der Waals surface area contributed by atoms with E-state index in [0.717, 1.165) is 0 Å². The number of ether oxygens (including phenoxy) is 1. The lowest BCUT2D eigenvalue weighted by Gasteiger charge is -1.96. The van der Waals surface area contributed by atoms with Crippen molar-refractivity contribution in [3.05, 3.63) is 12.7 Å². The van der Waals surface area contributed by atoms with E-state index in [9.17, 15) is 4.79 Å². The van der Waals surface area contributed by atoms with E-state index in [0.29, 0.717) is 19.4 Å². The largest absolute Gasteiger partial charge is 0.466 e. The van der Waals surface area contributed by atoms with Crippen molar-refractivity contribution >= 4 is 5.97 Å². The first-order valence-corrected chi connectivity index (χ1v) is 2.96. The average Bonchev–Trinajstić information content (AvgIpc) is 1.85. The molecule has 0 aliphatic rings. The lowest BCUT2D eigenvalue weighted by molar-refractivity contribution is -0.143. The number of hydrogen-bond donors (Lipinski definition) is 0. The number of esters is 1. The summed E-state index contributed by atoms with van der Waals surface area (Å²) in [6, 6.07) is 0. The van der Waals surface area contributed by atoms with Crippen molar-refractivity contribution in [2.45, 2.75) is 19.8 Å². The Labute approximate surface area is 55.5 Å². The monoisotopic (exact) mass is 127 g/mol. The summed E-state index contributed by atoms with van der Waals surface area (Å²) < 4.78 is 4.64. The summed E-state index contributed by atoms with van der Waals surface area (Å²) >= 11 is 0. The predicted molar refractivity (Wildman–Crippen MR) is 34.7 cm³/mol. The van der Waals surface area contributed by atoms with Crippen LogP contribution in [0.15, 0.2) is 6.58 Å². The molecule has 0 saturated heterocycles. The third-order valence-electron chi connectivity index (χ3n) is 0.811. The Balaban J connectivity index is 3.16. The van der Waals surface area contributed by atoms with Crippen LogP contribution in [0, 0.1) is 6.08 Å². The zero-order valence-corrected chi connectivity index (χ0v) is 5.64. The van der Waals surface area contributed by atoms with Crippen molar-refractivity contribution in [2.24, 2.45) is 0 Å². The van der Waals surface area contributed by atoms with E-state index < -0.39 is 0 Å². The van der Waals surface area contributed by atoms with Crippen LogP contribution in [0.1, 0.15) is 19.8 Å². The van der Waals surface area contributed by atoms with Gasteiger partial charge in [0.2, 0.25) is 0 Å². The minimum Gasteiger partial charge on any atom is -0.466 e. The number of carbonyl (C=O) groups is 1. The molecule has 0 amide bonds. The van der Waals surface area contributed by atoms with Crippen LogP contribution in [-0.2, 0) is 9.53 Å². The van der Waals surface area contributed by atoms with Crippen LogP contribution in [0.5, 0.6) is 0 Å². The van der Waals surface area contributed by atoms with Gasteiger partial charge in [-0.3, -0.25) is 4.79 Å². The first kappa shape index (κ1) is 8.21. The molecule has 0 atom stereocenters. The molecule has 1 radical (unpaired) electrons. The number of allylic oxidation sites excluding steroid dienone is 1. The molecule has 9 heavy (non-hydrogen) atoms. The van der Waals surface area contributed by atoms with Gasteiger partial charge in [-0.2, -0.15) is 0 Å². The van der Waals surface area contributed by atoms with Crippen LogP contribution in [0.2, 0.25) is 0 Å². The zero-order chi connectivity index (χ0) is 7.11. The Morgan fingerprint density at radius 1 is 1.78 bits per heavy atom. The Hall–Kier alpha value is -0.790. The van der Waals surface area contributed by atoms with Crippen LogP contribution in [0.3, 0.4) is 0 Å². The van der Waals surface area contributed by atoms with Crippen LogP contribution < -0.4 is 0 Å². The van der Waals surface area contributed by atoms with E-state index in [1.807, 2.05) is 0 Å². The topological polar surface area (TPSA) is 26.3 Å². The molecule has 0 saturated carbocycles. The molecule has 0 rings (SSSR count). The van der Waals surface area contributed by atoms with Gasteiger partial charge in [0, 0.05) is 6.42 Å². The van der Waals surface area contributed by atoms with Crippen LogP contribution in [0.4, 0.5) is 0 Å². The third kappa shape index (κ3) is 5.07. The third-order valence-corrected chi connectivity index (χ3v) is 0.811. The summed E-state index contributed by atoms with van der Waals surface area (Å²) in [7, 11) is 0. The highest BCUT2D eigenvalue weighted by Crippen LogP contribution is 1.90. The maximum atomic E-state index is 10.5. The lowest BCUT2D eigenvalue weighted by Crippen LogP contribution is -2.02. The summed E-state index contributed by atoms with van der Waals surface area (Å²) in [5.74, 6) is -0.173. The van der Waals surface area contributed by atoms with Gasteiger partial charge in [-0.25, -0.2) is 0 Å². The maximum Gasteiger partial charge on any atom is 0.306 e. The highest BCUT2D eigenvalue weighted by molar-refractivity contribution is 5.69. The molecule has 2 heteroatoms. The van der Waals surface area contributed by atoms with Gasteiger partial charge in [0.25, 0.3) is 0 Å². The Kier molecular flexibility index (Phi) is 4.88. The van der Waals surface area contributed by atoms with Gasteiger partial charge in [-0.15, -0.1) is 0 Å². The van der Waals surface area contributed by atoms with Crippen molar-refractivity contribution < 1.29 is 9.53 Å². The molecule has 2 nitrogen and oxygen atoms in total. The van der Waals surface area contributed by atoms with E-state index in [1.54, 1.807) is 6.92 Å². The fourth-order valence-electron chi connectivity index (χ4n) is 0.424. The predicted octanol–water partition coefficient (Wildman–Crippen LogP) is 1.32. The van der Waals surface area contributed by atoms with E-state index in [1.165, 1.54) is 0 Å². The summed E-state index contributed by atoms with van der Waals surface area (Å²) in [5.41, 5.74) is 0. The van der Waals surface area contributed by atoms with Crippen molar-refractivity contribution in [3.8, 4) is 0 Å². The molecule has 0 aliphatic carbocycles. The van der Waals surface area contributed by atoms with Gasteiger partial charge in [-0.05, 0) is 13.3 Å². The molecule has 0 spiro atoms. The summed E-state index contributed by atoms with van der Waals surface area (Å²) in [5, 5.41) is 0. The molecule has 0 unspecified atom stereocenters. The molecule has 0 N–H and O–H groups in total. The highest BCUT2D eigenvalue weighted by Gasteiger charge is 1.96. The fourth-order valence-corrected chi connectivity index (χ4v) is 0.424. The van der Waals surface area contributed by atoms with Gasteiger partial charge in [0.15, 0.2) is 0 Å². The van der Waals surface area contributed by atoms with Crippen molar-refractivity contribution in [1.82, 2.24) is 0 Å². The minimum absolute atomic E-state index is 0.173. The highest BCUT2D eigenvalue weighted by atomic mass is 16.5. The number of rotatable bonds is 4. The molecule has 0 aromatic carbocycles. The first-order chi connectivity index (χ1) is 4.31. The minimum atomic E-state index is -0.173. The number of carbonyl (C=O) groups excluding carboxylic acids is 1. The molecule has 0 aromatic heterocycles. The van der Waals surface area contributed by atoms with E-state index in [-0.39, 0.29) is 5.97 Å². The molecule has 51 valence electrons. The van der Waals surface area contributed by atoms with Crippen LogP contribution >= 0.6 is 0 Å². The van der Waals surface area contributed by atoms with Crippen molar-refractivity contribution in [2.75, 3.05) is 6.61 Å². The van der Waals surface area contributed by atoms with Crippen molar-refractivity contribution in [1.29, 1.82) is 0 Å². The molecular weight excluding hydrogens is 116 g/mol. The van der Waals surface area contributed by atoms with Crippen LogP contribution in [0.25, 0.3) is 0 Å². The van der Waals surface area contributed by atoms with Gasteiger partial charge in [0.1, 0.15) is 0 Å². The zero-order valence-electron chi connectivity index (χ0n) is 5.64. The number of hydrogen-bond acceptors (Lipinski definition) is 2. The second kappa shape index (κ2) is 5.35. The average molecular weight is 127 g/mol. The summed E-state index contributed by atoms with van der Waals surface area (Å²) in [6.07, 6.45) is 3.59. The quantitative estimate of drug-likeness (QED) is 0.532. The van der Waals surface area contributed by atoms with Gasteiger partial charge < -0.3 is 4.74 Å².